The van der Waals surface area contributed by atoms with Crippen LogP contribution in [0.5, 0.6) is 0 Å². The van der Waals surface area contributed by atoms with Gasteiger partial charge in [0, 0.05) is 6.61 Å². The summed E-state index contributed by atoms with van der Waals surface area (Å²) in [5, 5.41) is 12.1. The molecule has 0 aromatic heterocycles. The van der Waals surface area contributed by atoms with E-state index in [1.165, 1.54) is 25.3 Å². The van der Waals surface area contributed by atoms with Gasteiger partial charge in [-0.25, -0.2) is 0 Å². The van der Waals surface area contributed by atoms with Crippen molar-refractivity contribution in [1.82, 2.24) is 5.32 Å². The third kappa shape index (κ3) is 3.78. The van der Waals surface area contributed by atoms with Crippen LogP contribution in [-0.4, -0.2) is 36.3 Å². The van der Waals surface area contributed by atoms with Gasteiger partial charge in [0.15, 0.2) is 0 Å². The van der Waals surface area contributed by atoms with Crippen LogP contribution in [0.4, 0.5) is 0 Å². The van der Waals surface area contributed by atoms with Crippen LogP contribution in [0.2, 0.25) is 0 Å². The quantitative estimate of drug-likeness (QED) is 0.610. The normalized spacial score (nSPS) is 20.5. The molecule has 1 heterocycles. The highest BCUT2D eigenvalue weighted by Gasteiger charge is 2.15. The number of nitrogens with one attached hydrogen (secondary N) is 1. The minimum absolute atomic E-state index is 0.331. The van der Waals surface area contributed by atoms with Gasteiger partial charge in [-0.15, -0.1) is 0 Å². The zero-order valence-electron chi connectivity index (χ0n) is 7.75. The molecule has 1 fully saturated rings. The molecule has 1 aliphatic rings. The van der Waals surface area contributed by atoms with E-state index in [0.717, 1.165) is 11.7 Å². The van der Waals surface area contributed by atoms with Gasteiger partial charge in [0.25, 0.3) is 0 Å². The maximum atomic E-state index is 8.78. The lowest BCUT2D eigenvalue weighted by molar-refractivity contribution is 0.250. The molecule has 0 saturated carbocycles. The zero-order valence-corrected chi connectivity index (χ0v) is 8.57. The van der Waals surface area contributed by atoms with Crippen molar-refractivity contribution in [3.63, 3.8) is 0 Å². The topological polar surface area (TPSA) is 32.3 Å². The summed E-state index contributed by atoms with van der Waals surface area (Å²) in [6, 6.07) is 0. The number of hydrogen-bond acceptors (Lipinski definition) is 3. The van der Waals surface area contributed by atoms with Gasteiger partial charge in [0.2, 0.25) is 0 Å². The predicted octanol–water partition coefficient (Wildman–Crippen LogP) is 0.957. The molecule has 0 aromatic carbocycles. The zero-order chi connectivity index (χ0) is 8.81. The van der Waals surface area contributed by atoms with E-state index in [9.17, 15) is 0 Å². The third-order valence-electron chi connectivity index (χ3n) is 2.25. The Morgan fingerprint density at radius 3 is 2.83 bits per heavy atom. The van der Waals surface area contributed by atoms with Crippen LogP contribution < -0.4 is 5.32 Å². The lowest BCUT2D eigenvalue weighted by atomic mass is 10.0. The van der Waals surface area contributed by atoms with Crippen LogP contribution in [-0.2, 0) is 0 Å². The van der Waals surface area contributed by atoms with Crippen LogP contribution in [0.25, 0.3) is 0 Å². The van der Waals surface area contributed by atoms with Crippen molar-refractivity contribution in [1.29, 1.82) is 0 Å². The molecule has 12 heavy (non-hydrogen) atoms. The Morgan fingerprint density at radius 2 is 2.33 bits per heavy atom. The first-order valence-electron chi connectivity index (χ1n) is 4.72. The van der Waals surface area contributed by atoms with E-state index in [1.807, 2.05) is 11.8 Å². The van der Waals surface area contributed by atoms with Gasteiger partial charge in [0.1, 0.15) is 0 Å². The molecule has 0 spiro atoms. The number of thioether (sulfide) groups is 1. The molecule has 3 heteroatoms. The van der Waals surface area contributed by atoms with E-state index in [0.29, 0.717) is 12.5 Å². The summed E-state index contributed by atoms with van der Waals surface area (Å²) in [5.74, 6) is 3.77. The Hall–Kier alpha value is 0.270. The highest BCUT2D eigenvalue weighted by Crippen LogP contribution is 2.15. The van der Waals surface area contributed by atoms with Crippen LogP contribution >= 0.6 is 11.8 Å². The fourth-order valence-corrected chi connectivity index (χ4v) is 2.31. The van der Waals surface area contributed by atoms with Crippen molar-refractivity contribution in [3.05, 3.63) is 0 Å². The fraction of sp³-hybridized carbons (Fsp3) is 1.00. The average molecular weight is 189 g/mol. The molecule has 1 saturated heterocycles. The Bertz CT molecular complexity index is 110. The number of rotatable bonds is 6. The monoisotopic (exact) mass is 189 g/mol. The average Bonchev–Trinajstić information content (AvgIpc) is 2.00. The fourth-order valence-electron chi connectivity index (χ4n) is 1.14. The molecule has 72 valence electrons. The van der Waals surface area contributed by atoms with Crippen molar-refractivity contribution < 1.29 is 5.11 Å². The summed E-state index contributed by atoms with van der Waals surface area (Å²) in [7, 11) is 0. The second-order valence-electron chi connectivity index (χ2n) is 3.68. The summed E-state index contributed by atoms with van der Waals surface area (Å²) < 4.78 is 0. The van der Waals surface area contributed by atoms with Gasteiger partial charge in [-0.05, 0) is 42.9 Å². The molecule has 0 aromatic rings. The van der Waals surface area contributed by atoms with Crippen molar-refractivity contribution >= 4 is 11.8 Å². The molecule has 1 unspecified atom stereocenters. The SMILES string of the molecule is CC(CO)CSCCC1CNC1. The lowest BCUT2D eigenvalue weighted by Gasteiger charge is -2.26. The largest absolute Gasteiger partial charge is 0.396 e. The summed E-state index contributed by atoms with van der Waals surface area (Å²) in [6.45, 7) is 4.86. The van der Waals surface area contributed by atoms with Crippen LogP contribution in [0.1, 0.15) is 13.3 Å². The molecular formula is C9H19NOS. The molecule has 0 aliphatic carbocycles. The van der Waals surface area contributed by atoms with Crippen molar-refractivity contribution in [2.75, 3.05) is 31.2 Å². The van der Waals surface area contributed by atoms with E-state index < -0.39 is 0 Å². The Morgan fingerprint density at radius 1 is 1.58 bits per heavy atom. The van der Waals surface area contributed by atoms with Crippen molar-refractivity contribution in [3.8, 4) is 0 Å². The minimum atomic E-state index is 0.331. The van der Waals surface area contributed by atoms with Gasteiger partial charge in [-0.2, -0.15) is 11.8 Å². The van der Waals surface area contributed by atoms with Gasteiger partial charge in [-0.1, -0.05) is 6.92 Å². The highest BCUT2D eigenvalue weighted by atomic mass is 32.2. The number of hydrogen-bond donors (Lipinski definition) is 2. The van der Waals surface area contributed by atoms with E-state index in [1.54, 1.807) is 0 Å². The second kappa shape index (κ2) is 5.84. The van der Waals surface area contributed by atoms with E-state index in [-0.39, 0.29) is 0 Å². The van der Waals surface area contributed by atoms with Crippen LogP contribution in [0.15, 0.2) is 0 Å². The Labute approximate surface area is 79.1 Å². The summed E-state index contributed by atoms with van der Waals surface area (Å²) in [4.78, 5) is 0. The first-order valence-corrected chi connectivity index (χ1v) is 5.87. The number of aliphatic hydroxyl groups is 1. The maximum absolute atomic E-state index is 8.78. The molecule has 1 rings (SSSR count). The molecular weight excluding hydrogens is 170 g/mol. The Balaban J connectivity index is 1.82. The van der Waals surface area contributed by atoms with Crippen molar-refractivity contribution in [2.24, 2.45) is 11.8 Å². The molecule has 0 radical (unpaired) electrons. The summed E-state index contributed by atoms with van der Waals surface area (Å²) in [6.07, 6.45) is 1.34. The first kappa shape index (κ1) is 10.4. The molecule has 0 bridgehead atoms. The van der Waals surface area contributed by atoms with Gasteiger partial charge in [-0.3, -0.25) is 0 Å². The third-order valence-corrected chi connectivity index (χ3v) is 3.58. The van der Waals surface area contributed by atoms with E-state index >= 15 is 0 Å². The minimum Gasteiger partial charge on any atom is -0.396 e. The van der Waals surface area contributed by atoms with Gasteiger partial charge in [0.05, 0.1) is 0 Å². The van der Waals surface area contributed by atoms with E-state index in [4.69, 9.17) is 5.11 Å². The predicted molar refractivity (Wildman–Crippen MR) is 54.6 cm³/mol. The van der Waals surface area contributed by atoms with Gasteiger partial charge >= 0.3 is 0 Å². The lowest BCUT2D eigenvalue weighted by Crippen LogP contribution is -2.42. The first-order chi connectivity index (χ1) is 5.83. The second-order valence-corrected chi connectivity index (χ2v) is 4.83. The van der Waals surface area contributed by atoms with Crippen LogP contribution in [0, 0.1) is 11.8 Å². The van der Waals surface area contributed by atoms with Crippen molar-refractivity contribution in [2.45, 2.75) is 13.3 Å². The standard InChI is InChI=1S/C9H19NOS/c1-8(6-11)7-12-3-2-9-4-10-5-9/h8-11H,2-7H2,1H3. The molecule has 2 nitrogen and oxygen atoms in total. The number of aliphatic hydroxyl groups excluding tert-OH is 1. The Kier molecular flexibility index (Phi) is 5.04. The summed E-state index contributed by atoms with van der Waals surface area (Å²) in [5.41, 5.74) is 0. The van der Waals surface area contributed by atoms with Gasteiger partial charge < -0.3 is 10.4 Å². The maximum Gasteiger partial charge on any atom is 0.0464 e. The molecule has 0 amide bonds. The van der Waals surface area contributed by atoms with E-state index in [2.05, 4.69) is 12.2 Å². The van der Waals surface area contributed by atoms with Crippen LogP contribution in [0.3, 0.4) is 0 Å². The molecule has 1 atom stereocenters. The molecule has 2 N–H and O–H groups in total. The summed E-state index contributed by atoms with van der Waals surface area (Å²) >= 11 is 1.98. The molecule has 1 aliphatic heterocycles. The smallest absolute Gasteiger partial charge is 0.0464 e. The highest BCUT2D eigenvalue weighted by molar-refractivity contribution is 7.99.